The van der Waals surface area contributed by atoms with Crippen LogP contribution in [-0.2, 0) is 10.2 Å². The van der Waals surface area contributed by atoms with Gasteiger partial charge in [0.05, 0.1) is 6.04 Å². The monoisotopic (exact) mass is 514 g/mol. The Labute approximate surface area is 208 Å². The molecule has 1 heterocycles. The lowest BCUT2D eigenvalue weighted by Crippen LogP contribution is -2.44. The average Bonchev–Trinajstić information content (AvgIpc) is 3.28. The normalized spacial score (nSPS) is 30.6. The lowest BCUT2D eigenvalue weighted by atomic mass is 9.50. The minimum atomic E-state index is -0.474. The summed E-state index contributed by atoms with van der Waals surface area (Å²) in [5.74, 6) is 0. The number of rotatable bonds is 4. The first-order chi connectivity index (χ1) is 15.5. The van der Waals surface area contributed by atoms with Gasteiger partial charge in [-0.1, -0.05) is 28.1 Å². The van der Waals surface area contributed by atoms with E-state index >= 15 is 0 Å². The van der Waals surface area contributed by atoms with E-state index in [0.717, 1.165) is 25.1 Å². The third kappa shape index (κ3) is 5.08. The Morgan fingerprint density at radius 2 is 1.82 bits per heavy atom. The molecule has 4 nitrogen and oxygen atoms in total. The lowest BCUT2D eigenvalue weighted by Gasteiger charge is -2.54. The zero-order valence-electron chi connectivity index (χ0n) is 20.9. The fourth-order valence-electron chi connectivity index (χ4n) is 6.19. The largest absolute Gasteiger partial charge is 0.444 e. The fourth-order valence-corrected chi connectivity index (χ4v) is 6.59. The van der Waals surface area contributed by atoms with Gasteiger partial charge < -0.3 is 4.74 Å². The summed E-state index contributed by atoms with van der Waals surface area (Å²) in [5.41, 5.74) is 4.10. The quantitative estimate of drug-likeness (QED) is 0.384. The number of ether oxygens (including phenoxy) is 1. The van der Waals surface area contributed by atoms with Crippen molar-refractivity contribution in [2.45, 2.75) is 103 Å². The number of likely N-dealkylation sites (tertiary alicyclic amines) is 1. The molecule has 4 aliphatic rings. The van der Waals surface area contributed by atoms with Crippen LogP contribution in [-0.4, -0.2) is 34.9 Å². The van der Waals surface area contributed by atoms with Gasteiger partial charge in [-0.2, -0.15) is 0 Å². The maximum atomic E-state index is 12.7. The summed E-state index contributed by atoms with van der Waals surface area (Å²) in [6, 6.07) is 8.99. The predicted octanol–water partition coefficient (Wildman–Crippen LogP) is 7.81. The van der Waals surface area contributed by atoms with Crippen molar-refractivity contribution in [3.8, 4) is 0 Å². The molecule has 0 spiro atoms. The highest BCUT2D eigenvalue weighted by atomic mass is 79.9. The molecule has 180 valence electrons. The number of aliphatic imine (C=N–C) groups is 1. The first-order valence-corrected chi connectivity index (χ1v) is 13.3. The van der Waals surface area contributed by atoms with Crippen LogP contribution in [0.5, 0.6) is 0 Å². The van der Waals surface area contributed by atoms with Crippen molar-refractivity contribution in [3.05, 3.63) is 46.1 Å². The van der Waals surface area contributed by atoms with Crippen molar-refractivity contribution >= 4 is 27.7 Å². The van der Waals surface area contributed by atoms with Crippen LogP contribution in [0, 0.1) is 5.41 Å². The Balaban J connectivity index is 1.44. The minimum Gasteiger partial charge on any atom is -0.444 e. The van der Waals surface area contributed by atoms with Crippen LogP contribution in [0.1, 0.15) is 91.5 Å². The summed E-state index contributed by atoms with van der Waals surface area (Å²) in [6.07, 6.45) is 11.3. The van der Waals surface area contributed by atoms with Crippen molar-refractivity contribution in [3.63, 3.8) is 0 Å². The van der Waals surface area contributed by atoms with Crippen LogP contribution in [0.2, 0.25) is 0 Å². The van der Waals surface area contributed by atoms with E-state index in [9.17, 15) is 4.79 Å². The molecule has 1 aromatic rings. The zero-order chi connectivity index (χ0) is 23.9. The fraction of sp³-hybridized carbons (Fsp3) is 0.643. The van der Waals surface area contributed by atoms with E-state index in [2.05, 4.69) is 60.2 Å². The molecule has 4 fully saturated rings. The van der Waals surface area contributed by atoms with Gasteiger partial charge in [-0.05, 0) is 120 Å². The molecule has 33 heavy (non-hydrogen) atoms. The molecule has 5 rings (SSSR count). The number of amides is 1. The van der Waals surface area contributed by atoms with Crippen LogP contribution in [0.3, 0.4) is 0 Å². The Hall–Kier alpha value is -1.62. The molecular formula is C28H39BrN2O2. The summed E-state index contributed by atoms with van der Waals surface area (Å²) < 4.78 is 6.81. The van der Waals surface area contributed by atoms with Gasteiger partial charge in [-0.3, -0.25) is 9.89 Å². The molecule has 1 amide bonds. The maximum absolute atomic E-state index is 12.7. The van der Waals surface area contributed by atoms with Gasteiger partial charge in [0.1, 0.15) is 5.60 Å². The smallest absolute Gasteiger partial charge is 0.410 e. The van der Waals surface area contributed by atoms with Crippen molar-refractivity contribution in [1.29, 1.82) is 0 Å². The topological polar surface area (TPSA) is 41.9 Å². The van der Waals surface area contributed by atoms with Crippen LogP contribution >= 0.6 is 15.9 Å². The van der Waals surface area contributed by atoms with Gasteiger partial charge in [0.25, 0.3) is 0 Å². The van der Waals surface area contributed by atoms with Crippen LogP contribution in [0.4, 0.5) is 4.79 Å². The van der Waals surface area contributed by atoms with E-state index in [-0.39, 0.29) is 17.6 Å². The summed E-state index contributed by atoms with van der Waals surface area (Å²) >= 11 is 3.66. The van der Waals surface area contributed by atoms with Gasteiger partial charge in [0, 0.05) is 22.9 Å². The first-order valence-electron chi connectivity index (χ1n) is 12.5. The minimum absolute atomic E-state index is 0.0447. The summed E-state index contributed by atoms with van der Waals surface area (Å²) in [7, 11) is 0. The van der Waals surface area contributed by atoms with Crippen molar-refractivity contribution in [2.75, 3.05) is 6.54 Å². The maximum Gasteiger partial charge on any atom is 0.410 e. The third-order valence-electron chi connectivity index (χ3n) is 8.34. The summed E-state index contributed by atoms with van der Waals surface area (Å²) in [4.78, 5) is 19.4. The average molecular weight is 516 g/mol. The number of halogens is 1. The Morgan fingerprint density at radius 1 is 1.15 bits per heavy atom. The number of carbonyl (C=O) groups is 1. The highest BCUT2D eigenvalue weighted by Crippen LogP contribution is 2.60. The molecule has 0 radical (unpaired) electrons. The zero-order valence-corrected chi connectivity index (χ0v) is 22.5. The molecule has 2 bridgehead atoms. The summed E-state index contributed by atoms with van der Waals surface area (Å²) in [5, 5.41) is 0. The van der Waals surface area contributed by atoms with E-state index < -0.39 is 5.60 Å². The van der Waals surface area contributed by atoms with E-state index in [0.29, 0.717) is 5.41 Å². The van der Waals surface area contributed by atoms with E-state index in [1.807, 2.05) is 25.7 Å². The molecule has 0 unspecified atom stereocenters. The van der Waals surface area contributed by atoms with Gasteiger partial charge in [-0.15, -0.1) is 0 Å². The molecule has 0 N–H and O–H groups in total. The van der Waals surface area contributed by atoms with E-state index in [1.165, 1.54) is 54.1 Å². The van der Waals surface area contributed by atoms with Crippen LogP contribution in [0.25, 0.3) is 0 Å². The number of carbonyl (C=O) groups excluding carboxylic acids is 1. The van der Waals surface area contributed by atoms with Crippen LogP contribution < -0.4 is 0 Å². The standard InChI is InChI=1S/C28H39BrN2O2/c1-20(19-30-21(2)24-10-7-17-31(24)25(32)33-26(3,4)5)27-11-14-28(15-12-27,16-13-27)22-8-6-9-23(29)18-22/h6,8-9,18-19,24H,7,10-17H2,1-5H3/b20-19+,30-21?/t24-,27?,28?/m0/s1. The number of fused-ring (bicyclic) bond motifs is 3. The Bertz CT molecular complexity index is 934. The first kappa shape index (κ1) is 24.5. The molecule has 1 aliphatic heterocycles. The lowest BCUT2D eigenvalue weighted by molar-refractivity contribution is 0.0265. The molecule has 3 saturated carbocycles. The molecular weight excluding hydrogens is 476 g/mol. The second kappa shape index (κ2) is 9.20. The van der Waals surface area contributed by atoms with E-state index in [4.69, 9.17) is 9.73 Å². The van der Waals surface area contributed by atoms with E-state index in [1.54, 1.807) is 0 Å². The molecule has 1 aromatic carbocycles. The highest BCUT2D eigenvalue weighted by molar-refractivity contribution is 9.10. The second-order valence-corrected chi connectivity index (χ2v) is 12.4. The molecule has 5 heteroatoms. The Kier molecular flexibility index (Phi) is 6.83. The van der Waals surface area contributed by atoms with Gasteiger partial charge in [-0.25, -0.2) is 4.79 Å². The second-order valence-electron chi connectivity index (χ2n) is 11.5. The van der Waals surface area contributed by atoms with Crippen LogP contribution in [0.15, 0.2) is 45.5 Å². The number of benzene rings is 1. The summed E-state index contributed by atoms with van der Waals surface area (Å²) in [6.45, 7) is 10.8. The van der Waals surface area contributed by atoms with Gasteiger partial charge in [0.2, 0.25) is 0 Å². The SMILES string of the molecule is CC(=N/C=C(\C)C12CCC(c3cccc(Br)c3)(CC1)CC2)[C@@H]1CCCN1C(=O)OC(C)(C)C. The van der Waals surface area contributed by atoms with Crippen molar-refractivity contribution < 1.29 is 9.53 Å². The van der Waals surface area contributed by atoms with Gasteiger partial charge >= 0.3 is 6.09 Å². The van der Waals surface area contributed by atoms with Gasteiger partial charge in [0.15, 0.2) is 0 Å². The molecule has 3 aliphatic carbocycles. The van der Waals surface area contributed by atoms with Crippen molar-refractivity contribution in [1.82, 2.24) is 4.90 Å². The third-order valence-corrected chi connectivity index (χ3v) is 8.84. The Morgan fingerprint density at radius 3 is 2.42 bits per heavy atom. The van der Waals surface area contributed by atoms with Crippen molar-refractivity contribution in [2.24, 2.45) is 10.4 Å². The predicted molar refractivity (Wildman–Crippen MR) is 139 cm³/mol. The number of nitrogens with zero attached hydrogens (tertiary/aromatic N) is 2. The number of hydrogen-bond acceptors (Lipinski definition) is 3. The molecule has 1 saturated heterocycles. The number of hydrogen-bond donors (Lipinski definition) is 0. The highest BCUT2D eigenvalue weighted by Gasteiger charge is 2.50. The molecule has 1 atom stereocenters. The molecule has 0 aromatic heterocycles. The number of allylic oxidation sites excluding steroid dienone is 1.